The highest BCUT2D eigenvalue weighted by Gasteiger charge is 1.94. The van der Waals surface area contributed by atoms with Crippen molar-refractivity contribution >= 4 is 0 Å². The number of rotatable bonds is 8. The lowest BCUT2D eigenvalue weighted by atomic mass is 10.2. The minimum atomic E-state index is 0.519. The fourth-order valence-electron chi connectivity index (χ4n) is 1.23. The Morgan fingerprint density at radius 1 is 1.21 bits per heavy atom. The number of hydrogen-bond acceptors (Lipinski definition) is 2. The van der Waals surface area contributed by atoms with E-state index in [-0.39, 0.29) is 0 Å². The van der Waals surface area contributed by atoms with Gasteiger partial charge < -0.3 is 10.5 Å². The maximum absolute atomic E-state index is 12.2. The standard InChI is InChI=1S/C16H24FNO/c1-4-5-6-16(9-11-17)10-12-19-15(3)8-7-14(2)13-18/h4-9,11H,10,12-13,18H2,1-3H3/b5-4-,11-9+,14-7+,15-8+,16-6+. The minimum Gasteiger partial charge on any atom is -0.498 e. The van der Waals surface area contributed by atoms with E-state index in [0.717, 1.165) is 16.9 Å². The maximum atomic E-state index is 12.2. The van der Waals surface area contributed by atoms with Crippen molar-refractivity contribution < 1.29 is 9.13 Å². The monoisotopic (exact) mass is 265 g/mol. The summed E-state index contributed by atoms with van der Waals surface area (Å²) in [5.41, 5.74) is 7.47. The van der Waals surface area contributed by atoms with Crippen LogP contribution in [0.3, 0.4) is 0 Å². The molecule has 0 atom stereocenters. The van der Waals surface area contributed by atoms with Gasteiger partial charge in [-0.25, -0.2) is 4.39 Å². The zero-order chi connectivity index (χ0) is 14.5. The first kappa shape index (κ1) is 17.4. The lowest BCUT2D eigenvalue weighted by Gasteiger charge is -2.06. The lowest BCUT2D eigenvalue weighted by molar-refractivity contribution is 0.218. The number of hydrogen-bond donors (Lipinski definition) is 1. The number of ether oxygens (including phenoxy) is 1. The second-order valence-corrected chi connectivity index (χ2v) is 4.15. The Labute approximate surface area is 115 Å². The minimum absolute atomic E-state index is 0.519. The summed E-state index contributed by atoms with van der Waals surface area (Å²) in [6.07, 6.45) is 12.1. The quantitative estimate of drug-likeness (QED) is 0.527. The van der Waals surface area contributed by atoms with E-state index in [1.54, 1.807) is 0 Å². The van der Waals surface area contributed by atoms with Crippen molar-refractivity contribution in [3.8, 4) is 0 Å². The summed E-state index contributed by atoms with van der Waals surface area (Å²) in [7, 11) is 0. The van der Waals surface area contributed by atoms with Crippen LogP contribution < -0.4 is 5.73 Å². The smallest absolute Gasteiger partial charge is 0.0929 e. The number of halogens is 1. The summed E-state index contributed by atoms with van der Waals surface area (Å²) in [6, 6.07) is 0. The van der Waals surface area contributed by atoms with E-state index in [0.29, 0.717) is 25.9 Å². The van der Waals surface area contributed by atoms with Gasteiger partial charge in [0.15, 0.2) is 0 Å². The van der Waals surface area contributed by atoms with Crippen LogP contribution in [0, 0.1) is 0 Å². The molecule has 0 bridgehead atoms. The molecular formula is C16H24FNO. The van der Waals surface area contributed by atoms with Crippen LogP contribution in [-0.4, -0.2) is 13.2 Å². The Kier molecular flexibility index (Phi) is 10.5. The molecule has 106 valence electrons. The maximum Gasteiger partial charge on any atom is 0.0929 e. The van der Waals surface area contributed by atoms with Crippen molar-refractivity contribution in [1.29, 1.82) is 0 Å². The molecule has 2 N–H and O–H groups in total. The van der Waals surface area contributed by atoms with Crippen LogP contribution in [0.4, 0.5) is 4.39 Å². The largest absolute Gasteiger partial charge is 0.498 e. The van der Waals surface area contributed by atoms with Crippen molar-refractivity contribution in [1.82, 2.24) is 0 Å². The molecule has 0 aliphatic rings. The molecule has 0 radical (unpaired) electrons. The fraction of sp³-hybridized carbons (Fsp3) is 0.375. The van der Waals surface area contributed by atoms with Gasteiger partial charge in [0.2, 0.25) is 0 Å². The van der Waals surface area contributed by atoms with Gasteiger partial charge in [-0.1, -0.05) is 29.9 Å². The van der Waals surface area contributed by atoms with E-state index >= 15 is 0 Å². The highest BCUT2D eigenvalue weighted by Crippen LogP contribution is 2.07. The molecule has 0 saturated heterocycles. The van der Waals surface area contributed by atoms with Crippen molar-refractivity contribution in [3.05, 3.63) is 59.7 Å². The number of nitrogens with two attached hydrogens (primary N) is 1. The zero-order valence-corrected chi connectivity index (χ0v) is 12.0. The molecule has 0 unspecified atom stereocenters. The third-order valence-electron chi connectivity index (χ3n) is 2.42. The summed E-state index contributed by atoms with van der Waals surface area (Å²) in [5, 5.41) is 0. The second-order valence-electron chi connectivity index (χ2n) is 4.15. The molecule has 0 aromatic carbocycles. The second kappa shape index (κ2) is 11.5. The van der Waals surface area contributed by atoms with Crippen LogP contribution in [0.5, 0.6) is 0 Å². The van der Waals surface area contributed by atoms with Gasteiger partial charge >= 0.3 is 0 Å². The fourth-order valence-corrected chi connectivity index (χ4v) is 1.23. The highest BCUT2D eigenvalue weighted by atomic mass is 19.1. The van der Waals surface area contributed by atoms with Crippen LogP contribution in [0.15, 0.2) is 59.7 Å². The molecule has 0 fully saturated rings. The third-order valence-corrected chi connectivity index (χ3v) is 2.42. The zero-order valence-electron chi connectivity index (χ0n) is 12.0. The van der Waals surface area contributed by atoms with Crippen molar-refractivity contribution in [2.75, 3.05) is 13.2 Å². The Morgan fingerprint density at radius 2 is 1.95 bits per heavy atom. The Balaban J connectivity index is 4.26. The lowest BCUT2D eigenvalue weighted by Crippen LogP contribution is -1.99. The molecule has 2 nitrogen and oxygen atoms in total. The van der Waals surface area contributed by atoms with Gasteiger partial charge in [-0.2, -0.15) is 0 Å². The van der Waals surface area contributed by atoms with Crippen molar-refractivity contribution in [3.63, 3.8) is 0 Å². The third kappa shape index (κ3) is 10.0. The first-order valence-corrected chi connectivity index (χ1v) is 6.39. The number of allylic oxidation sites excluding steroid dienone is 7. The van der Waals surface area contributed by atoms with Gasteiger partial charge in [0.25, 0.3) is 0 Å². The summed E-state index contributed by atoms with van der Waals surface area (Å²) < 4.78 is 17.7. The molecule has 3 heteroatoms. The van der Waals surface area contributed by atoms with Crippen molar-refractivity contribution in [2.24, 2.45) is 5.73 Å². The van der Waals surface area contributed by atoms with Crippen LogP contribution >= 0.6 is 0 Å². The molecule has 0 aromatic rings. The van der Waals surface area contributed by atoms with Gasteiger partial charge in [0, 0.05) is 13.0 Å². The first-order chi connectivity index (χ1) is 9.13. The summed E-state index contributed by atoms with van der Waals surface area (Å²) in [6.45, 7) is 6.84. The van der Waals surface area contributed by atoms with Gasteiger partial charge in [-0.3, -0.25) is 0 Å². The van der Waals surface area contributed by atoms with E-state index in [2.05, 4.69) is 0 Å². The topological polar surface area (TPSA) is 35.2 Å². The Morgan fingerprint density at radius 3 is 2.53 bits per heavy atom. The normalized spacial score (nSPS) is 14.7. The van der Waals surface area contributed by atoms with Crippen LogP contribution in [0.25, 0.3) is 0 Å². The van der Waals surface area contributed by atoms with Gasteiger partial charge in [-0.05, 0) is 38.5 Å². The molecule has 19 heavy (non-hydrogen) atoms. The average molecular weight is 265 g/mol. The highest BCUT2D eigenvalue weighted by molar-refractivity contribution is 5.22. The van der Waals surface area contributed by atoms with E-state index < -0.39 is 0 Å². The van der Waals surface area contributed by atoms with Crippen LogP contribution in [0.1, 0.15) is 27.2 Å². The van der Waals surface area contributed by atoms with E-state index in [1.165, 1.54) is 6.08 Å². The molecule has 0 aliphatic carbocycles. The Bertz CT molecular complexity index is 390. The molecule has 0 aromatic heterocycles. The van der Waals surface area contributed by atoms with Crippen LogP contribution in [-0.2, 0) is 4.74 Å². The summed E-state index contributed by atoms with van der Waals surface area (Å²) >= 11 is 0. The SMILES string of the molecule is C\C=C/C=C(\C=C\F)CCO/C(C)=C/C=C(\C)CN. The molecular weight excluding hydrogens is 241 g/mol. The predicted octanol–water partition coefficient (Wildman–Crippen LogP) is 4.19. The molecule has 0 spiro atoms. The molecule has 0 heterocycles. The molecule has 0 rings (SSSR count). The molecule has 0 amide bonds. The van der Waals surface area contributed by atoms with E-state index in [4.69, 9.17) is 10.5 Å². The van der Waals surface area contributed by atoms with Crippen LogP contribution in [0.2, 0.25) is 0 Å². The van der Waals surface area contributed by atoms with Crippen molar-refractivity contribution in [2.45, 2.75) is 27.2 Å². The summed E-state index contributed by atoms with van der Waals surface area (Å²) in [5.74, 6) is 0.822. The predicted molar refractivity (Wildman–Crippen MR) is 80.3 cm³/mol. The Hall–Kier alpha value is -1.61. The molecule has 0 aliphatic heterocycles. The summed E-state index contributed by atoms with van der Waals surface area (Å²) in [4.78, 5) is 0. The van der Waals surface area contributed by atoms with E-state index in [1.807, 2.05) is 51.2 Å². The molecule has 0 saturated carbocycles. The van der Waals surface area contributed by atoms with Gasteiger partial charge in [0.1, 0.15) is 0 Å². The van der Waals surface area contributed by atoms with E-state index in [9.17, 15) is 4.39 Å². The first-order valence-electron chi connectivity index (χ1n) is 6.39. The van der Waals surface area contributed by atoms with Gasteiger partial charge in [-0.15, -0.1) is 0 Å². The van der Waals surface area contributed by atoms with Gasteiger partial charge in [0.05, 0.1) is 18.7 Å². The average Bonchev–Trinajstić information content (AvgIpc) is 2.42.